The summed E-state index contributed by atoms with van der Waals surface area (Å²) in [7, 11) is -5.30. The topological polar surface area (TPSA) is 212 Å². The van der Waals surface area contributed by atoms with Gasteiger partial charge in [-0.05, 0) is 6.92 Å². The zero-order valence-electron chi connectivity index (χ0n) is 13.0. The number of nitrogens with one attached hydrogen (secondary N) is 1. The number of aromatic nitrogens is 4. The average molecular weight is 501 g/mol. The number of fused-ring (bicyclic) bond motifs is 1. The van der Waals surface area contributed by atoms with Crippen molar-refractivity contribution in [1.82, 2.24) is 19.5 Å². The molecule has 13 nitrogen and oxygen atoms in total. The average Bonchev–Trinajstić information content (AvgIpc) is 2.92. The van der Waals surface area contributed by atoms with Gasteiger partial charge >= 0.3 is 0 Å². The van der Waals surface area contributed by atoms with Gasteiger partial charge in [-0.15, -0.1) is 0 Å². The molecule has 0 unspecified atom stereocenters. The Morgan fingerprint density at radius 3 is 2.81 bits per heavy atom. The van der Waals surface area contributed by atoms with E-state index in [0.717, 1.165) is 0 Å². The summed E-state index contributed by atoms with van der Waals surface area (Å²) in [6.45, 7) is 0.437. The quantitative estimate of drug-likeness (QED) is 0.190. The second kappa shape index (κ2) is 6.49. The number of hydrogen-bond donors (Lipinski definition) is 4. The summed E-state index contributed by atoms with van der Waals surface area (Å²) in [5.41, 5.74) is 2.90. The molecule has 1 fully saturated rings. The van der Waals surface area contributed by atoms with E-state index in [9.17, 15) is 29.4 Å². The number of aliphatic hydroxyl groups excluding tert-OH is 1. The molecule has 0 saturated carbocycles. The highest BCUT2D eigenvalue weighted by molar-refractivity contribution is 14.1. The molecule has 2 aromatic rings. The molecule has 0 radical (unpaired) electrons. The molecule has 0 spiro atoms. The second-order valence-corrected chi connectivity index (χ2v) is 7.93. The molecule has 15 heteroatoms. The summed E-state index contributed by atoms with van der Waals surface area (Å²) < 4.78 is 21.7. The molecule has 3 heterocycles. The normalized spacial score (nSPS) is 29.5. The Kier molecular flexibility index (Phi) is 4.90. The number of nitrogens with two attached hydrogens (primary N) is 1. The molecule has 144 valence electrons. The van der Waals surface area contributed by atoms with Gasteiger partial charge in [-0.1, -0.05) is 0 Å². The third kappa shape index (κ3) is 3.38. The van der Waals surface area contributed by atoms with Gasteiger partial charge < -0.3 is 39.6 Å². The Bertz CT molecular complexity index is 954. The maximum atomic E-state index is 12.0. The van der Waals surface area contributed by atoms with Crippen LogP contribution >= 0.6 is 30.4 Å². The van der Waals surface area contributed by atoms with E-state index < -0.39 is 44.0 Å². The number of imidazole rings is 1. The Morgan fingerprint density at radius 1 is 1.54 bits per heavy atom. The maximum absolute atomic E-state index is 12.0. The van der Waals surface area contributed by atoms with Crippen LogP contribution in [0.2, 0.25) is 0 Å². The highest BCUT2D eigenvalue weighted by Gasteiger charge is 2.54. The number of nitrogens with zero attached hydrogens (tertiary/aromatic N) is 3. The number of halogens is 1. The molecular weight excluding hydrogens is 488 g/mol. The molecule has 1 saturated heterocycles. The van der Waals surface area contributed by atoms with Crippen LogP contribution in [-0.2, 0) is 13.8 Å². The first-order chi connectivity index (χ1) is 11.9. The molecule has 3 rings (SSSR count). The first-order valence-electron chi connectivity index (χ1n) is 7.07. The number of ether oxygens (including phenoxy) is 1. The van der Waals surface area contributed by atoms with Gasteiger partial charge in [0.25, 0.3) is 5.56 Å². The Balaban J connectivity index is 2.04. The lowest BCUT2D eigenvalue weighted by molar-refractivity contribution is -0.343. The van der Waals surface area contributed by atoms with Gasteiger partial charge in [0.15, 0.2) is 21.2 Å². The molecule has 5 N–H and O–H groups in total. The van der Waals surface area contributed by atoms with Crippen molar-refractivity contribution in [2.75, 3.05) is 12.3 Å². The lowest BCUT2D eigenvalue weighted by Crippen LogP contribution is -2.44. The number of hydrogen-bond acceptors (Lipinski definition) is 11. The molecular formula is C11H13IN5O8P-2. The Morgan fingerprint density at radius 2 is 2.19 bits per heavy atom. The van der Waals surface area contributed by atoms with Crippen molar-refractivity contribution in [2.24, 2.45) is 0 Å². The van der Waals surface area contributed by atoms with E-state index in [2.05, 4.69) is 19.5 Å². The molecule has 2 aromatic heterocycles. The molecule has 4 atom stereocenters. The fraction of sp³-hybridized carbons (Fsp3) is 0.545. The van der Waals surface area contributed by atoms with E-state index in [-0.39, 0.29) is 20.9 Å². The van der Waals surface area contributed by atoms with Crippen LogP contribution in [-0.4, -0.2) is 54.1 Å². The number of aliphatic hydroxyl groups is 2. The molecule has 0 bridgehead atoms. The fourth-order valence-corrected chi connectivity index (χ4v) is 3.75. The summed E-state index contributed by atoms with van der Waals surface area (Å²) in [5, 5.41) is 20.9. The lowest BCUT2D eigenvalue weighted by atomic mass is 9.96. The van der Waals surface area contributed by atoms with Crippen LogP contribution in [0, 0.1) is 3.83 Å². The third-order valence-electron chi connectivity index (χ3n) is 3.91. The van der Waals surface area contributed by atoms with Crippen molar-refractivity contribution < 1.29 is 33.8 Å². The van der Waals surface area contributed by atoms with E-state index in [1.807, 2.05) is 0 Å². The molecule has 0 aliphatic carbocycles. The summed E-state index contributed by atoms with van der Waals surface area (Å²) in [6.07, 6.45) is -4.25. The fourth-order valence-electron chi connectivity index (χ4n) is 2.70. The van der Waals surface area contributed by atoms with Crippen molar-refractivity contribution >= 4 is 47.5 Å². The number of phosphoric ester groups is 1. The minimum absolute atomic E-state index is 0.00647. The van der Waals surface area contributed by atoms with Gasteiger partial charge in [0.2, 0.25) is 5.95 Å². The summed E-state index contributed by atoms with van der Waals surface area (Å²) >= 11 is 1.77. The Labute approximate surface area is 158 Å². The highest BCUT2D eigenvalue weighted by Crippen LogP contribution is 2.41. The number of rotatable bonds is 4. The number of aromatic amines is 1. The van der Waals surface area contributed by atoms with Crippen LogP contribution in [0.4, 0.5) is 5.95 Å². The highest BCUT2D eigenvalue weighted by atomic mass is 127. The largest absolute Gasteiger partial charge is 0.790 e. The standard InChI is InChI=1S/C11H15IN5O8P/c1-11(20)5(18)3(2-24-26(21,22)23)25-8(11)17-6-4(14-9(17)12)7(19)16-10(13)15-6/h3,5,8,18,20H,2H2,1H3,(H2,21,22,23)(H3,13,15,16,19)/p-2/t3-,5-,8-,11-/m1/s1. The zero-order valence-corrected chi connectivity index (χ0v) is 16.1. The van der Waals surface area contributed by atoms with Gasteiger partial charge in [0.1, 0.15) is 17.8 Å². The van der Waals surface area contributed by atoms with Crippen LogP contribution < -0.4 is 21.1 Å². The maximum Gasteiger partial charge on any atom is 0.280 e. The van der Waals surface area contributed by atoms with E-state index in [1.54, 1.807) is 22.6 Å². The van der Waals surface area contributed by atoms with Crippen molar-refractivity contribution in [3.05, 3.63) is 14.2 Å². The van der Waals surface area contributed by atoms with Crippen LogP contribution in [0.3, 0.4) is 0 Å². The predicted molar refractivity (Wildman–Crippen MR) is 89.4 cm³/mol. The van der Waals surface area contributed by atoms with Gasteiger partial charge in [-0.3, -0.25) is 14.3 Å². The van der Waals surface area contributed by atoms with Crippen LogP contribution in [0.1, 0.15) is 13.2 Å². The first kappa shape index (κ1) is 19.6. The summed E-state index contributed by atoms with van der Waals surface area (Å²) in [6, 6.07) is 0. The lowest BCUT2D eigenvalue weighted by Gasteiger charge is -2.30. The molecule has 0 amide bonds. The van der Waals surface area contributed by atoms with E-state index in [4.69, 9.17) is 10.5 Å². The van der Waals surface area contributed by atoms with Crippen molar-refractivity contribution in [3.8, 4) is 0 Å². The molecule has 1 aliphatic heterocycles. The van der Waals surface area contributed by atoms with E-state index in [0.29, 0.717) is 0 Å². The second-order valence-electron chi connectivity index (χ2n) is 5.81. The summed E-state index contributed by atoms with van der Waals surface area (Å²) in [4.78, 5) is 43.5. The number of H-pyrrole nitrogens is 1. The SMILES string of the molecule is C[C@@]1(O)[C@H](O)[C@@H](COP(=O)([O-])[O-])O[C@H]1n1c(I)nc2c(=O)[nH]c(N)nc21. The van der Waals surface area contributed by atoms with E-state index in [1.165, 1.54) is 11.5 Å². The van der Waals surface area contributed by atoms with Gasteiger partial charge in [0.05, 0.1) is 14.4 Å². The van der Waals surface area contributed by atoms with Crippen molar-refractivity contribution in [1.29, 1.82) is 0 Å². The zero-order chi connectivity index (χ0) is 19.4. The molecule has 26 heavy (non-hydrogen) atoms. The number of nitrogen functional groups attached to an aromatic ring is 1. The Hall–Kier alpha value is -1.13. The minimum atomic E-state index is -5.30. The number of anilines is 1. The number of phosphoric acid groups is 1. The van der Waals surface area contributed by atoms with Gasteiger partial charge in [-0.2, -0.15) is 4.98 Å². The van der Waals surface area contributed by atoms with Crippen LogP contribution in [0.5, 0.6) is 0 Å². The van der Waals surface area contributed by atoms with E-state index >= 15 is 0 Å². The minimum Gasteiger partial charge on any atom is -0.790 e. The third-order valence-corrected chi connectivity index (χ3v) is 5.14. The first-order valence-corrected chi connectivity index (χ1v) is 9.61. The van der Waals surface area contributed by atoms with Crippen molar-refractivity contribution in [3.63, 3.8) is 0 Å². The van der Waals surface area contributed by atoms with Gasteiger partial charge in [-0.25, -0.2) is 4.98 Å². The smallest absolute Gasteiger partial charge is 0.280 e. The molecule has 1 aliphatic rings. The predicted octanol–water partition coefficient (Wildman–Crippen LogP) is -2.84. The van der Waals surface area contributed by atoms with Crippen LogP contribution in [0.15, 0.2) is 4.79 Å². The monoisotopic (exact) mass is 501 g/mol. The summed E-state index contributed by atoms with van der Waals surface area (Å²) in [5.74, 6) is -0.197. The molecule has 0 aromatic carbocycles. The van der Waals surface area contributed by atoms with Crippen LogP contribution in [0.25, 0.3) is 11.2 Å². The van der Waals surface area contributed by atoms with Crippen molar-refractivity contribution in [2.45, 2.75) is 31.0 Å². The van der Waals surface area contributed by atoms with Gasteiger partial charge in [0, 0.05) is 22.6 Å².